The lowest BCUT2D eigenvalue weighted by Crippen LogP contribution is -2.49. The van der Waals surface area contributed by atoms with Crippen LogP contribution < -0.4 is 10.7 Å². The Morgan fingerprint density at radius 1 is 1.21 bits per heavy atom. The predicted molar refractivity (Wildman–Crippen MR) is 111 cm³/mol. The van der Waals surface area contributed by atoms with Gasteiger partial charge in [-0.1, -0.05) is 30.3 Å². The number of nitrogens with zero attached hydrogens (tertiary/aromatic N) is 2. The number of carbonyl (C=O) groups excluding carboxylic acids is 3. The molecule has 3 aromatic rings. The van der Waals surface area contributed by atoms with Crippen LogP contribution in [0.5, 0.6) is 0 Å². The van der Waals surface area contributed by atoms with Gasteiger partial charge >= 0.3 is 6.03 Å². The second kappa shape index (κ2) is 7.76. The van der Waals surface area contributed by atoms with Crippen LogP contribution in [0.4, 0.5) is 4.79 Å². The van der Waals surface area contributed by atoms with Gasteiger partial charge in [-0.15, -0.1) is 11.3 Å². The minimum atomic E-state index is -1.08. The minimum absolute atomic E-state index is 0.162. The third kappa shape index (κ3) is 3.92. The van der Waals surface area contributed by atoms with Crippen molar-refractivity contribution in [2.45, 2.75) is 25.3 Å². The Kier molecular flexibility index (Phi) is 5.16. The zero-order valence-electron chi connectivity index (χ0n) is 15.5. The third-order valence-corrected chi connectivity index (χ3v) is 6.31. The fourth-order valence-corrected chi connectivity index (χ4v) is 4.56. The van der Waals surface area contributed by atoms with Crippen LogP contribution in [0.3, 0.4) is 0 Å². The normalized spacial score (nSPS) is 18.7. The van der Waals surface area contributed by atoms with E-state index in [0.717, 1.165) is 16.1 Å². The molecule has 4 amide bonds. The highest BCUT2D eigenvalue weighted by atomic mass is 32.1. The van der Waals surface area contributed by atoms with Crippen LogP contribution in [-0.2, 0) is 11.2 Å². The second-order valence-electron chi connectivity index (χ2n) is 6.88. The molecule has 2 N–H and O–H groups in total. The fraction of sp³-hybridized carbons (Fsp3) is 0.200. The van der Waals surface area contributed by atoms with Gasteiger partial charge in [0.15, 0.2) is 0 Å². The van der Waals surface area contributed by atoms with Crippen molar-refractivity contribution >= 4 is 40.5 Å². The number of hydrogen-bond donors (Lipinski definition) is 2. The van der Waals surface area contributed by atoms with E-state index in [9.17, 15) is 14.4 Å². The molecule has 7 nitrogen and oxygen atoms in total. The number of benzene rings is 1. The smallest absolute Gasteiger partial charge is 0.322 e. The SMILES string of the molecule is CC1(CCc2ccccc2)NC(=O)N(NC(=O)c2csc(-c3ccsc3)n2)C1=O. The maximum atomic E-state index is 12.8. The summed E-state index contributed by atoms with van der Waals surface area (Å²) >= 11 is 2.87. The van der Waals surface area contributed by atoms with Crippen LogP contribution in [-0.4, -0.2) is 33.4 Å². The molecule has 0 spiro atoms. The Balaban J connectivity index is 1.43. The van der Waals surface area contributed by atoms with Gasteiger partial charge in [0.05, 0.1) is 0 Å². The van der Waals surface area contributed by atoms with Crippen LogP contribution in [0.25, 0.3) is 10.6 Å². The second-order valence-corrected chi connectivity index (χ2v) is 8.52. The molecular weight excluding hydrogens is 408 g/mol. The minimum Gasteiger partial charge on any atom is -0.322 e. The van der Waals surface area contributed by atoms with Gasteiger partial charge in [-0.05, 0) is 36.8 Å². The molecule has 1 saturated heterocycles. The summed E-state index contributed by atoms with van der Waals surface area (Å²) in [5, 5.41) is 9.63. The third-order valence-electron chi connectivity index (χ3n) is 4.74. The summed E-state index contributed by atoms with van der Waals surface area (Å²) in [5.74, 6) is -1.08. The van der Waals surface area contributed by atoms with Crippen LogP contribution in [0.1, 0.15) is 29.4 Å². The van der Waals surface area contributed by atoms with Crippen molar-refractivity contribution in [1.29, 1.82) is 0 Å². The quantitative estimate of drug-likeness (QED) is 0.591. The van der Waals surface area contributed by atoms with Gasteiger partial charge in [0, 0.05) is 16.3 Å². The van der Waals surface area contributed by atoms with E-state index >= 15 is 0 Å². The van der Waals surface area contributed by atoms with Crippen LogP contribution >= 0.6 is 22.7 Å². The van der Waals surface area contributed by atoms with Crippen LogP contribution in [0, 0.1) is 0 Å². The van der Waals surface area contributed by atoms with Crippen LogP contribution in [0.2, 0.25) is 0 Å². The molecule has 1 aromatic carbocycles. The molecule has 4 rings (SSSR count). The molecule has 1 fully saturated rings. The Morgan fingerprint density at radius 3 is 2.72 bits per heavy atom. The Bertz CT molecular complexity index is 1050. The van der Waals surface area contributed by atoms with Crippen molar-refractivity contribution in [3.8, 4) is 10.6 Å². The molecule has 1 unspecified atom stereocenters. The molecule has 0 bridgehead atoms. The van der Waals surface area contributed by atoms with Gasteiger partial charge in [0.1, 0.15) is 16.2 Å². The maximum Gasteiger partial charge on any atom is 0.344 e. The van der Waals surface area contributed by atoms with E-state index in [1.54, 1.807) is 23.6 Å². The first-order valence-corrected chi connectivity index (χ1v) is 10.8. The maximum absolute atomic E-state index is 12.8. The van der Waals surface area contributed by atoms with Gasteiger partial charge in [-0.2, -0.15) is 16.3 Å². The molecule has 3 heterocycles. The lowest BCUT2D eigenvalue weighted by Gasteiger charge is -2.21. The highest BCUT2D eigenvalue weighted by molar-refractivity contribution is 7.14. The van der Waals surface area contributed by atoms with E-state index in [1.165, 1.54) is 11.3 Å². The number of carbonyl (C=O) groups is 3. The summed E-state index contributed by atoms with van der Waals surface area (Å²) in [4.78, 5) is 42.0. The molecule has 2 aromatic heterocycles. The average molecular weight is 427 g/mol. The fourth-order valence-electron chi connectivity index (χ4n) is 3.05. The van der Waals surface area contributed by atoms with Crippen molar-refractivity contribution in [3.05, 3.63) is 63.8 Å². The van der Waals surface area contributed by atoms with Gasteiger partial charge in [0.2, 0.25) is 0 Å². The molecule has 1 aliphatic heterocycles. The zero-order chi connectivity index (χ0) is 20.4. The van der Waals surface area contributed by atoms with E-state index in [0.29, 0.717) is 17.8 Å². The number of nitrogens with one attached hydrogen (secondary N) is 2. The van der Waals surface area contributed by atoms with E-state index in [4.69, 9.17) is 0 Å². The first-order valence-electron chi connectivity index (χ1n) is 8.96. The largest absolute Gasteiger partial charge is 0.344 e. The number of hydrazine groups is 1. The number of hydrogen-bond acceptors (Lipinski definition) is 6. The predicted octanol–water partition coefficient (Wildman–Crippen LogP) is 3.46. The first kappa shape index (κ1) is 19.3. The summed E-state index contributed by atoms with van der Waals surface area (Å²) in [6.45, 7) is 1.67. The molecule has 0 saturated carbocycles. The summed E-state index contributed by atoms with van der Waals surface area (Å²) in [6.07, 6.45) is 1.05. The Hall–Kier alpha value is -3.04. The summed E-state index contributed by atoms with van der Waals surface area (Å²) in [7, 11) is 0. The highest BCUT2D eigenvalue weighted by Gasteiger charge is 2.48. The van der Waals surface area contributed by atoms with Gasteiger partial charge < -0.3 is 5.32 Å². The van der Waals surface area contributed by atoms with Crippen molar-refractivity contribution in [2.24, 2.45) is 0 Å². The van der Waals surface area contributed by atoms with Crippen molar-refractivity contribution in [1.82, 2.24) is 20.7 Å². The summed E-state index contributed by atoms with van der Waals surface area (Å²) in [6, 6.07) is 11.0. The standard InChI is InChI=1S/C20H18N4O3S2/c1-20(9-7-13-5-3-2-4-6-13)18(26)24(19(27)22-20)23-16(25)15-12-29-17(21-15)14-8-10-28-11-14/h2-6,8,10-12H,7,9H2,1H3,(H,22,27)(H,23,25). The van der Waals surface area contributed by atoms with Crippen molar-refractivity contribution < 1.29 is 14.4 Å². The summed E-state index contributed by atoms with van der Waals surface area (Å²) < 4.78 is 0. The van der Waals surface area contributed by atoms with E-state index in [2.05, 4.69) is 15.7 Å². The van der Waals surface area contributed by atoms with Crippen LogP contribution in [0.15, 0.2) is 52.5 Å². The molecular formula is C20H18N4O3S2. The average Bonchev–Trinajstić information content (AvgIpc) is 3.45. The summed E-state index contributed by atoms with van der Waals surface area (Å²) in [5.41, 5.74) is 3.47. The van der Waals surface area contributed by atoms with Gasteiger partial charge in [0.25, 0.3) is 11.8 Å². The number of aryl methyl sites for hydroxylation is 1. The number of rotatable bonds is 6. The molecule has 29 heavy (non-hydrogen) atoms. The number of imide groups is 1. The molecule has 0 radical (unpaired) electrons. The lowest BCUT2D eigenvalue weighted by molar-refractivity contribution is -0.132. The zero-order valence-corrected chi connectivity index (χ0v) is 17.2. The number of aromatic nitrogens is 1. The Morgan fingerprint density at radius 2 is 2.00 bits per heavy atom. The van der Waals surface area contributed by atoms with Gasteiger partial charge in [-0.3, -0.25) is 15.0 Å². The monoisotopic (exact) mass is 426 g/mol. The topological polar surface area (TPSA) is 91.4 Å². The molecule has 148 valence electrons. The number of thiophene rings is 1. The van der Waals surface area contributed by atoms with Gasteiger partial charge in [-0.25, -0.2) is 9.78 Å². The highest BCUT2D eigenvalue weighted by Crippen LogP contribution is 2.26. The molecule has 0 aliphatic carbocycles. The molecule has 1 aliphatic rings. The van der Waals surface area contributed by atoms with E-state index in [-0.39, 0.29) is 5.69 Å². The first-order chi connectivity index (χ1) is 14.0. The van der Waals surface area contributed by atoms with Crippen molar-refractivity contribution in [3.63, 3.8) is 0 Å². The molecule has 9 heteroatoms. The van der Waals surface area contributed by atoms with E-state index < -0.39 is 23.4 Å². The number of thiazole rings is 1. The van der Waals surface area contributed by atoms with Crippen molar-refractivity contribution in [2.75, 3.05) is 0 Å². The number of amides is 4. The number of urea groups is 1. The molecule has 1 atom stereocenters. The lowest BCUT2D eigenvalue weighted by atomic mass is 9.93. The van der Waals surface area contributed by atoms with E-state index in [1.807, 2.05) is 47.2 Å². The Labute approximate surface area is 175 Å².